The molecule has 0 bridgehead atoms. The van der Waals surface area contributed by atoms with Crippen molar-refractivity contribution in [3.8, 4) is 0 Å². The Balaban J connectivity index is 1.65. The predicted molar refractivity (Wildman–Crippen MR) is 105 cm³/mol. The fourth-order valence-electron chi connectivity index (χ4n) is 2.67. The number of benzene rings is 1. The van der Waals surface area contributed by atoms with Gasteiger partial charge in [-0.3, -0.25) is 4.79 Å². The van der Waals surface area contributed by atoms with Crippen molar-refractivity contribution in [1.29, 1.82) is 0 Å². The summed E-state index contributed by atoms with van der Waals surface area (Å²) in [7, 11) is -3.68. The smallest absolute Gasteiger partial charge is 0.244 e. The van der Waals surface area contributed by atoms with Crippen LogP contribution >= 0.6 is 23.1 Å². The zero-order valence-corrected chi connectivity index (χ0v) is 17.1. The maximum Gasteiger partial charge on any atom is 0.244 e. The number of nitrogens with one attached hydrogen (secondary N) is 1. The normalized spacial score (nSPS) is 18.2. The molecule has 1 amide bonds. The number of thiazole rings is 1. The zero-order valence-electron chi connectivity index (χ0n) is 14.6. The second kappa shape index (κ2) is 8.08. The summed E-state index contributed by atoms with van der Waals surface area (Å²) in [6, 6.07) is 6.03. The van der Waals surface area contributed by atoms with E-state index in [9.17, 15) is 13.2 Å². The maximum atomic E-state index is 12.9. The molecular formula is C17H21N3O3S3. The van der Waals surface area contributed by atoms with Crippen LogP contribution in [-0.4, -0.2) is 47.8 Å². The van der Waals surface area contributed by atoms with Gasteiger partial charge in [0.05, 0.1) is 21.5 Å². The number of thioether (sulfide) groups is 1. The summed E-state index contributed by atoms with van der Waals surface area (Å²) in [4.78, 5) is 17.1. The Morgan fingerprint density at radius 1 is 1.31 bits per heavy atom. The molecule has 9 heteroatoms. The van der Waals surface area contributed by atoms with E-state index in [0.29, 0.717) is 24.6 Å². The minimum absolute atomic E-state index is 0.223. The molecule has 1 fully saturated rings. The number of rotatable bonds is 6. The van der Waals surface area contributed by atoms with Gasteiger partial charge in [-0.15, -0.1) is 23.1 Å². The first-order valence-corrected chi connectivity index (χ1v) is 11.7. The van der Waals surface area contributed by atoms with Gasteiger partial charge in [0, 0.05) is 24.1 Å². The number of amides is 1. The van der Waals surface area contributed by atoms with E-state index in [-0.39, 0.29) is 10.8 Å². The van der Waals surface area contributed by atoms with Gasteiger partial charge in [-0.05, 0) is 26.0 Å². The number of carbonyl (C=O) groups is 1. The molecule has 2 heterocycles. The van der Waals surface area contributed by atoms with Gasteiger partial charge in [0.15, 0.2) is 0 Å². The SMILES string of the molecule is Cc1ccc(S(=O)(=O)N2CSCC2C(=O)NCCc2csc(C)n2)cc1. The number of carbonyl (C=O) groups excluding carboxylic acids is 1. The first kappa shape index (κ1) is 19.3. The van der Waals surface area contributed by atoms with Crippen LogP contribution < -0.4 is 5.32 Å². The highest BCUT2D eigenvalue weighted by Crippen LogP contribution is 2.28. The number of hydrogen-bond acceptors (Lipinski definition) is 6. The molecule has 1 aliphatic rings. The van der Waals surface area contributed by atoms with E-state index >= 15 is 0 Å². The predicted octanol–water partition coefficient (Wildman–Crippen LogP) is 2.18. The summed E-state index contributed by atoms with van der Waals surface area (Å²) >= 11 is 3.03. The quantitative estimate of drug-likeness (QED) is 0.788. The van der Waals surface area contributed by atoms with Crippen LogP contribution in [0.25, 0.3) is 0 Å². The Labute approximate surface area is 162 Å². The van der Waals surface area contributed by atoms with Gasteiger partial charge in [0.1, 0.15) is 6.04 Å². The Morgan fingerprint density at radius 3 is 2.69 bits per heavy atom. The lowest BCUT2D eigenvalue weighted by Crippen LogP contribution is -2.47. The average molecular weight is 412 g/mol. The third kappa shape index (κ3) is 4.28. The van der Waals surface area contributed by atoms with Crippen LogP contribution in [-0.2, 0) is 21.2 Å². The summed E-state index contributed by atoms with van der Waals surface area (Å²) in [5.41, 5.74) is 1.93. The number of aromatic nitrogens is 1. The Bertz CT molecular complexity index is 878. The molecule has 1 aromatic heterocycles. The third-order valence-corrected chi connectivity index (χ3v) is 7.99. The lowest BCUT2D eigenvalue weighted by atomic mass is 10.2. The molecule has 2 aromatic rings. The van der Waals surface area contributed by atoms with Crippen LogP contribution in [0.1, 0.15) is 16.3 Å². The zero-order chi connectivity index (χ0) is 18.7. The van der Waals surface area contributed by atoms with Crippen molar-refractivity contribution < 1.29 is 13.2 Å². The lowest BCUT2D eigenvalue weighted by molar-refractivity contribution is -0.123. The van der Waals surface area contributed by atoms with E-state index < -0.39 is 16.1 Å². The topological polar surface area (TPSA) is 79.4 Å². The number of aryl methyl sites for hydroxylation is 2. The van der Waals surface area contributed by atoms with Gasteiger partial charge in [0.25, 0.3) is 0 Å². The van der Waals surface area contributed by atoms with E-state index in [0.717, 1.165) is 16.3 Å². The molecule has 1 saturated heterocycles. The van der Waals surface area contributed by atoms with Gasteiger partial charge in [-0.2, -0.15) is 4.31 Å². The molecule has 1 aliphatic heterocycles. The standard InChI is InChI=1S/C17H21N3O3S3/c1-12-3-5-15(6-4-12)26(22,23)20-11-24-10-16(20)17(21)18-8-7-14-9-25-13(2)19-14/h3-6,9,16H,7-8,10-11H2,1-2H3,(H,18,21). The maximum absolute atomic E-state index is 12.9. The number of nitrogens with zero attached hydrogens (tertiary/aromatic N) is 2. The van der Waals surface area contributed by atoms with Crippen LogP contribution in [0.5, 0.6) is 0 Å². The first-order chi connectivity index (χ1) is 12.4. The summed E-state index contributed by atoms with van der Waals surface area (Å²) in [5.74, 6) is 0.504. The second-order valence-corrected chi connectivity index (χ2v) is 10.1. The molecule has 1 atom stereocenters. The fraction of sp³-hybridized carbons (Fsp3) is 0.412. The van der Waals surface area contributed by atoms with E-state index in [2.05, 4.69) is 10.3 Å². The Hall–Kier alpha value is -1.42. The van der Waals surface area contributed by atoms with E-state index in [1.54, 1.807) is 35.6 Å². The van der Waals surface area contributed by atoms with Crippen LogP contribution in [0.3, 0.4) is 0 Å². The van der Waals surface area contributed by atoms with Gasteiger partial charge in [-0.25, -0.2) is 13.4 Å². The Morgan fingerprint density at radius 2 is 2.04 bits per heavy atom. The molecule has 1 unspecified atom stereocenters. The van der Waals surface area contributed by atoms with Gasteiger partial charge < -0.3 is 5.32 Å². The highest BCUT2D eigenvalue weighted by molar-refractivity contribution is 8.00. The molecule has 0 spiro atoms. The molecule has 0 radical (unpaired) electrons. The highest BCUT2D eigenvalue weighted by Gasteiger charge is 2.39. The van der Waals surface area contributed by atoms with Crippen LogP contribution in [0.2, 0.25) is 0 Å². The molecule has 6 nitrogen and oxygen atoms in total. The summed E-state index contributed by atoms with van der Waals surface area (Å²) in [6.45, 7) is 4.29. The highest BCUT2D eigenvalue weighted by atomic mass is 32.2. The van der Waals surface area contributed by atoms with Crippen LogP contribution in [0.15, 0.2) is 34.5 Å². The average Bonchev–Trinajstić information content (AvgIpc) is 3.24. The van der Waals surface area contributed by atoms with Gasteiger partial charge in [-0.1, -0.05) is 17.7 Å². The molecule has 1 N–H and O–H groups in total. The second-order valence-electron chi connectivity index (χ2n) is 6.12. The van der Waals surface area contributed by atoms with E-state index in [1.807, 2.05) is 19.2 Å². The molecule has 0 aliphatic carbocycles. The summed E-state index contributed by atoms with van der Waals surface area (Å²) < 4.78 is 27.1. The van der Waals surface area contributed by atoms with Crippen molar-refractivity contribution in [2.45, 2.75) is 31.2 Å². The lowest BCUT2D eigenvalue weighted by Gasteiger charge is -2.22. The van der Waals surface area contributed by atoms with Crippen molar-refractivity contribution in [3.63, 3.8) is 0 Å². The third-order valence-electron chi connectivity index (χ3n) is 4.12. The molecule has 140 valence electrons. The van der Waals surface area contributed by atoms with Crippen molar-refractivity contribution in [2.24, 2.45) is 0 Å². The number of hydrogen-bond donors (Lipinski definition) is 1. The van der Waals surface area contributed by atoms with Crippen molar-refractivity contribution in [3.05, 3.63) is 45.9 Å². The molecule has 26 heavy (non-hydrogen) atoms. The van der Waals surface area contributed by atoms with Crippen molar-refractivity contribution in [2.75, 3.05) is 18.2 Å². The van der Waals surface area contributed by atoms with Gasteiger partial charge >= 0.3 is 0 Å². The largest absolute Gasteiger partial charge is 0.354 e. The van der Waals surface area contributed by atoms with Crippen molar-refractivity contribution in [1.82, 2.24) is 14.6 Å². The Kier molecular flexibility index (Phi) is 6.01. The van der Waals surface area contributed by atoms with E-state index in [4.69, 9.17) is 0 Å². The van der Waals surface area contributed by atoms with Gasteiger partial charge in [0.2, 0.25) is 15.9 Å². The molecule has 3 rings (SSSR count). The fourth-order valence-corrected chi connectivity index (χ4v) is 6.47. The minimum Gasteiger partial charge on any atom is -0.354 e. The molecule has 1 aromatic carbocycles. The van der Waals surface area contributed by atoms with Crippen molar-refractivity contribution >= 4 is 39.0 Å². The van der Waals surface area contributed by atoms with Crippen LogP contribution in [0.4, 0.5) is 0 Å². The summed E-state index contributed by atoms with van der Waals surface area (Å²) in [5, 5.41) is 5.82. The summed E-state index contributed by atoms with van der Waals surface area (Å²) in [6.07, 6.45) is 0.640. The molecule has 0 saturated carbocycles. The molecular weight excluding hydrogens is 390 g/mol. The first-order valence-electron chi connectivity index (χ1n) is 8.23. The van der Waals surface area contributed by atoms with E-state index in [1.165, 1.54) is 16.1 Å². The number of sulfonamides is 1. The van der Waals surface area contributed by atoms with Crippen LogP contribution in [0, 0.1) is 13.8 Å². The monoisotopic (exact) mass is 411 g/mol. The minimum atomic E-state index is -3.68.